The van der Waals surface area contributed by atoms with E-state index in [-0.39, 0.29) is 11.5 Å². The second kappa shape index (κ2) is 6.11. The topological polar surface area (TPSA) is 84.2 Å². The maximum Gasteiger partial charge on any atom is 0.269 e. The summed E-state index contributed by atoms with van der Waals surface area (Å²) in [6.07, 6.45) is 0. The molecule has 0 aliphatic heterocycles. The second-order valence-corrected chi connectivity index (χ2v) is 4.22. The van der Waals surface area contributed by atoms with E-state index >= 15 is 0 Å². The predicted molar refractivity (Wildman–Crippen MR) is 64.8 cm³/mol. The molecule has 6 heteroatoms. The van der Waals surface area contributed by atoms with Crippen LogP contribution in [0.2, 0.25) is 0 Å². The summed E-state index contributed by atoms with van der Waals surface area (Å²) in [5, 5.41) is 0. The molecule has 0 bridgehead atoms. The molecule has 1 aromatic rings. The number of carbonyl (C=O) groups excluding carboxylic acids is 2. The second-order valence-electron chi connectivity index (χ2n) is 4.22. The lowest BCUT2D eigenvalue weighted by Crippen LogP contribution is -2.51. The lowest BCUT2D eigenvalue weighted by Gasteiger charge is -2.15. The van der Waals surface area contributed by atoms with Gasteiger partial charge in [-0.1, -0.05) is 19.9 Å². The fourth-order valence-electron chi connectivity index (χ4n) is 1.21. The number of nitrogens with one attached hydrogen (secondary N) is 2. The Bertz CT molecular complexity index is 449. The summed E-state index contributed by atoms with van der Waals surface area (Å²) in [5.41, 5.74) is 10.1. The van der Waals surface area contributed by atoms with Crippen molar-refractivity contribution in [2.24, 2.45) is 11.7 Å². The molecule has 1 atom stereocenters. The van der Waals surface area contributed by atoms with Gasteiger partial charge in [0.05, 0.1) is 6.04 Å². The summed E-state index contributed by atoms with van der Waals surface area (Å²) >= 11 is 0. The molecule has 0 saturated heterocycles. The van der Waals surface area contributed by atoms with Gasteiger partial charge < -0.3 is 5.73 Å². The number of hydrogen-bond acceptors (Lipinski definition) is 3. The molecule has 0 radical (unpaired) electrons. The van der Waals surface area contributed by atoms with E-state index in [0.717, 1.165) is 6.07 Å². The molecule has 98 valence electrons. The van der Waals surface area contributed by atoms with Crippen LogP contribution in [-0.2, 0) is 4.79 Å². The van der Waals surface area contributed by atoms with Crippen LogP contribution in [-0.4, -0.2) is 17.9 Å². The van der Waals surface area contributed by atoms with Crippen molar-refractivity contribution in [3.63, 3.8) is 0 Å². The molecular weight excluding hydrogens is 237 g/mol. The standard InChI is InChI=1S/C12H16FN3O2/c1-7(2)10(14)12(18)16-15-11(17)8-4-3-5-9(13)6-8/h3-7,10H,14H2,1-2H3,(H,15,17)(H,16,18). The van der Waals surface area contributed by atoms with Gasteiger partial charge in [-0.05, 0) is 24.1 Å². The maximum absolute atomic E-state index is 12.9. The fourth-order valence-corrected chi connectivity index (χ4v) is 1.21. The van der Waals surface area contributed by atoms with Crippen molar-refractivity contribution in [3.05, 3.63) is 35.6 Å². The summed E-state index contributed by atoms with van der Waals surface area (Å²) in [4.78, 5) is 23.0. The highest BCUT2D eigenvalue weighted by atomic mass is 19.1. The van der Waals surface area contributed by atoms with Gasteiger partial charge in [0.2, 0.25) is 0 Å². The van der Waals surface area contributed by atoms with Crippen molar-refractivity contribution < 1.29 is 14.0 Å². The third kappa shape index (κ3) is 3.81. The molecule has 18 heavy (non-hydrogen) atoms. The summed E-state index contributed by atoms with van der Waals surface area (Å²) < 4.78 is 12.9. The Morgan fingerprint density at radius 3 is 2.50 bits per heavy atom. The average molecular weight is 253 g/mol. The van der Waals surface area contributed by atoms with E-state index in [4.69, 9.17) is 5.73 Å². The van der Waals surface area contributed by atoms with Crippen LogP contribution in [0.3, 0.4) is 0 Å². The molecule has 5 nitrogen and oxygen atoms in total. The van der Waals surface area contributed by atoms with Crippen molar-refractivity contribution in [2.45, 2.75) is 19.9 Å². The van der Waals surface area contributed by atoms with Gasteiger partial charge in [-0.3, -0.25) is 20.4 Å². The quantitative estimate of drug-likeness (QED) is 0.688. The molecule has 1 aromatic carbocycles. The third-order valence-electron chi connectivity index (χ3n) is 2.41. The van der Waals surface area contributed by atoms with Crippen LogP contribution >= 0.6 is 0 Å². The zero-order valence-corrected chi connectivity index (χ0v) is 10.2. The average Bonchev–Trinajstić information content (AvgIpc) is 2.34. The van der Waals surface area contributed by atoms with Gasteiger partial charge in [-0.2, -0.15) is 0 Å². The van der Waals surface area contributed by atoms with E-state index in [0.29, 0.717) is 0 Å². The van der Waals surface area contributed by atoms with Gasteiger partial charge in [0.1, 0.15) is 5.82 Å². The number of benzene rings is 1. The molecule has 0 spiro atoms. The van der Waals surface area contributed by atoms with Gasteiger partial charge >= 0.3 is 0 Å². The molecule has 0 aromatic heterocycles. The van der Waals surface area contributed by atoms with Gasteiger partial charge in [0.25, 0.3) is 11.8 Å². The number of hydrogen-bond donors (Lipinski definition) is 3. The number of rotatable bonds is 3. The Balaban J connectivity index is 2.54. The minimum absolute atomic E-state index is 0.0453. The first-order valence-corrected chi connectivity index (χ1v) is 5.53. The van der Waals surface area contributed by atoms with Crippen molar-refractivity contribution in [1.29, 1.82) is 0 Å². The zero-order chi connectivity index (χ0) is 13.7. The van der Waals surface area contributed by atoms with E-state index in [9.17, 15) is 14.0 Å². The Kier molecular flexibility index (Phi) is 4.79. The predicted octanol–water partition coefficient (Wildman–Crippen LogP) is 0.570. The Morgan fingerprint density at radius 2 is 1.94 bits per heavy atom. The molecule has 0 fully saturated rings. The number of hydrazine groups is 1. The van der Waals surface area contributed by atoms with Crippen molar-refractivity contribution >= 4 is 11.8 Å². The molecule has 1 unspecified atom stereocenters. The Hall–Kier alpha value is -1.95. The van der Waals surface area contributed by atoms with Gasteiger partial charge in [-0.15, -0.1) is 0 Å². The largest absolute Gasteiger partial charge is 0.320 e. The van der Waals surface area contributed by atoms with Crippen LogP contribution in [0.1, 0.15) is 24.2 Å². The van der Waals surface area contributed by atoms with Crippen molar-refractivity contribution in [1.82, 2.24) is 10.9 Å². The van der Waals surface area contributed by atoms with Gasteiger partial charge in [0.15, 0.2) is 0 Å². The Morgan fingerprint density at radius 1 is 1.28 bits per heavy atom. The first-order chi connectivity index (χ1) is 8.41. The van der Waals surface area contributed by atoms with Crippen LogP contribution in [0, 0.1) is 11.7 Å². The molecule has 0 heterocycles. The molecule has 2 amide bonds. The van der Waals surface area contributed by atoms with Crippen molar-refractivity contribution in [3.8, 4) is 0 Å². The summed E-state index contributed by atoms with van der Waals surface area (Å²) in [6.45, 7) is 3.58. The van der Waals surface area contributed by atoms with E-state index in [2.05, 4.69) is 10.9 Å². The number of nitrogens with two attached hydrogens (primary N) is 1. The highest BCUT2D eigenvalue weighted by Crippen LogP contribution is 2.02. The number of halogens is 1. The monoisotopic (exact) mass is 253 g/mol. The van der Waals surface area contributed by atoms with Crippen LogP contribution in [0.5, 0.6) is 0 Å². The van der Waals surface area contributed by atoms with Gasteiger partial charge in [-0.25, -0.2) is 4.39 Å². The summed E-state index contributed by atoms with van der Waals surface area (Å²) in [5.74, 6) is -1.66. The maximum atomic E-state index is 12.9. The van der Waals surface area contributed by atoms with E-state index in [1.54, 1.807) is 13.8 Å². The zero-order valence-electron chi connectivity index (χ0n) is 10.2. The summed E-state index contributed by atoms with van der Waals surface area (Å²) in [6, 6.07) is 4.44. The third-order valence-corrected chi connectivity index (χ3v) is 2.41. The fraction of sp³-hybridized carbons (Fsp3) is 0.333. The highest BCUT2D eigenvalue weighted by Gasteiger charge is 2.17. The lowest BCUT2D eigenvalue weighted by atomic mass is 10.1. The number of amides is 2. The van der Waals surface area contributed by atoms with Gasteiger partial charge in [0, 0.05) is 5.56 Å². The molecule has 0 saturated carbocycles. The summed E-state index contributed by atoms with van der Waals surface area (Å²) in [7, 11) is 0. The number of carbonyl (C=O) groups is 2. The van der Waals surface area contributed by atoms with E-state index in [1.807, 2.05) is 0 Å². The smallest absolute Gasteiger partial charge is 0.269 e. The lowest BCUT2D eigenvalue weighted by molar-refractivity contribution is -0.124. The minimum atomic E-state index is -0.710. The first kappa shape index (κ1) is 14.1. The SMILES string of the molecule is CC(C)C(N)C(=O)NNC(=O)c1cccc(F)c1. The molecule has 1 rings (SSSR count). The minimum Gasteiger partial charge on any atom is -0.320 e. The van der Waals surface area contributed by atoms with Crippen LogP contribution in [0.4, 0.5) is 4.39 Å². The molecule has 0 aliphatic rings. The van der Waals surface area contributed by atoms with Crippen molar-refractivity contribution in [2.75, 3.05) is 0 Å². The first-order valence-electron chi connectivity index (χ1n) is 5.53. The van der Waals surface area contributed by atoms with Crippen LogP contribution in [0.25, 0.3) is 0 Å². The molecule has 0 aliphatic carbocycles. The molecular formula is C12H16FN3O2. The molecule has 4 N–H and O–H groups in total. The van der Waals surface area contributed by atoms with Crippen LogP contribution < -0.4 is 16.6 Å². The van der Waals surface area contributed by atoms with E-state index < -0.39 is 23.7 Å². The van der Waals surface area contributed by atoms with Crippen LogP contribution in [0.15, 0.2) is 24.3 Å². The van der Waals surface area contributed by atoms with E-state index in [1.165, 1.54) is 18.2 Å². The Labute approximate surface area is 105 Å². The normalized spacial score (nSPS) is 12.1. The highest BCUT2D eigenvalue weighted by molar-refractivity contribution is 5.95.